The van der Waals surface area contributed by atoms with Crippen LogP contribution >= 0.6 is 7.60 Å². The lowest BCUT2D eigenvalue weighted by molar-refractivity contribution is -0.111. The van der Waals surface area contributed by atoms with Crippen molar-refractivity contribution in [2.45, 2.75) is 6.16 Å². The number of hydrogen-bond donors (Lipinski definition) is 3. The smallest absolute Gasteiger partial charge is 0.324 e. The summed E-state index contributed by atoms with van der Waals surface area (Å²) in [6.07, 6.45) is 4.26. The molecule has 0 aliphatic carbocycles. The Morgan fingerprint density at radius 3 is 2.45 bits per heavy atom. The van der Waals surface area contributed by atoms with Crippen LogP contribution in [0.25, 0.3) is 17.2 Å². The van der Waals surface area contributed by atoms with Crippen LogP contribution in [0.5, 0.6) is 0 Å². The third-order valence-electron chi connectivity index (χ3n) is 4.14. The summed E-state index contributed by atoms with van der Waals surface area (Å²) in [6, 6.07) is 12.2. The van der Waals surface area contributed by atoms with Gasteiger partial charge >= 0.3 is 7.60 Å². The van der Waals surface area contributed by atoms with Crippen molar-refractivity contribution in [1.82, 2.24) is 9.78 Å². The zero-order valence-corrected chi connectivity index (χ0v) is 16.4. The minimum Gasteiger partial charge on any atom is -0.324 e. The van der Waals surface area contributed by atoms with E-state index in [4.69, 9.17) is 9.79 Å². The van der Waals surface area contributed by atoms with Crippen LogP contribution in [0.1, 0.15) is 11.3 Å². The van der Waals surface area contributed by atoms with Crippen LogP contribution in [-0.4, -0.2) is 25.5 Å². The van der Waals surface area contributed by atoms with Gasteiger partial charge in [-0.05, 0) is 41.5 Å². The predicted octanol–water partition coefficient (Wildman–Crippen LogP) is 3.56. The average molecular weight is 415 g/mol. The monoisotopic (exact) mass is 415 g/mol. The first kappa shape index (κ1) is 20.7. The molecule has 9 heteroatoms. The number of carbonyl (C=O) groups is 1. The number of nitrogens with zero attached hydrogens (tertiary/aromatic N) is 2. The number of aryl methyl sites for hydroxylation is 1. The first-order valence-electron chi connectivity index (χ1n) is 8.62. The number of hydrogen-bond acceptors (Lipinski definition) is 3. The van der Waals surface area contributed by atoms with E-state index in [-0.39, 0.29) is 17.9 Å². The molecule has 0 unspecified atom stereocenters. The van der Waals surface area contributed by atoms with Gasteiger partial charge in [-0.3, -0.25) is 14.0 Å². The largest absolute Gasteiger partial charge is 0.329 e. The highest BCUT2D eigenvalue weighted by Gasteiger charge is 2.13. The van der Waals surface area contributed by atoms with Crippen LogP contribution in [-0.2, 0) is 22.6 Å². The van der Waals surface area contributed by atoms with Crippen LogP contribution in [0.2, 0.25) is 0 Å². The van der Waals surface area contributed by atoms with Crippen LogP contribution < -0.4 is 5.32 Å². The molecule has 1 heterocycles. The number of nitrogens with one attached hydrogen (secondary N) is 1. The topological polar surface area (TPSA) is 104 Å². The van der Waals surface area contributed by atoms with Crippen molar-refractivity contribution in [2.24, 2.45) is 7.05 Å². The normalized spacial score (nSPS) is 11.7. The summed E-state index contributed by atoms with van der Waals surface area (Å²) in [5.74, 6) is -0.708. The van der Waals surface area contributed by atoms with Crippen molar-refractivity contribution in [1.29, 1.82) is 0 Å². The third-order valence-corrected chi connectivity index (χ3v) is 4.92. The standard InChI is InChI=1S/C20H19FN3O4P/c1-24-19(18(12-22-24)15-4-6-16(21)7-5-15)10-11-20(25)23-17-8-2-14(3-9-17)13-29(26,27)28/h2-12H,13H2,1H3,(H,23,25)(H2,26,27,28)/b11-10+. The number of benzene rings is 2. The molecule has 150 valence electrons. The summed E-state index contributed by atoms with van der Waals surface area (Å²) in [4.78, 5) is 30.2. The minimum atomic E-state index is -4.13. The Kier molecular flexibility index (Phi) is 6.08. The predicted molar refractivity (Wildman–Crippen MR) is 108 cm³/mol. The zero-order valence-electron chi connectivity index (χ0n) is 15.5. The van der Waals surface area contributed by atoms with Gasteiger partial charge in [-0.15, -0.1) is 0 Å². The van der Waals surface area contributed by atoms with Crippen molar-refractivity contribution >= 4 is 25.3 Å². The Balaban J connectivity index is 1.71. The number of amides is 1. The SMILES string of the molecule is Cn1ncc(-c2ccc(F)cc2)c1/C=C/C(=O)Nc1ccc(CP(=O)(O)O)cc1. The number of rotatable bonds is 6. The lowest BCUT2D eigenvalue weighted by Gasteiger charge is -2.06. The number of aromatic nitrogens is 2. The van der Waals surface area contributed by atoms with E-state index < -0.39 is 7.60 Å². The molecule has 0 aliphatic rings. The second-order valence-corrected chi connectivity index (χ2v) is 8.06. The molecular formula is C20H19FN3O4P. The van der Waals surface area contributed by atoms with Crippen molar-refractivity contribution in [3.05, 3.63) is 77.9 Å². The zero-order chi connectivity index (χ0) is 21.0. The van der Waals surface area contributed by atoms with Gasteiger partial charge < -0.3 is 15.1 Å². The van der Waals surface area contributed by atoms with Crippen molar-refractivity contribution in [3.8, 4) is 11.1 Å². The average Bonchev–Trinajstić information content (AvgIpc) is 3.02. The Bertz CT molecular complexity index is 1090. The fourth-order valence-electron chi connectivity index (χ4n) is 2.77. The summed E-state index contributed by atoms with van der Waals surface area (Å²) in [5.41, 5.74) is 3.20. The number of anilines is 1. The maximum atomic E-state index is 13.1. The van der Waals surface area contributed by atoms with Crippen molar-refractivity contribution < 1.29 is 23.5 Å². The molecule has 3 N–H and O–H groups in total. The number of halogens is 1. The van der Waals surface area contributed by atoms with Crippen molar-refractivity contribution in [3.63, 3.8) is 0 Å². The highest BCUT2D eigenvalue weighted by molar-refractivity contribution is 7.50. The molecule has 0 bridgehead atoms. The van der Waals surface area contributed by atoms with E-state index in [9.17, 15) is 13.8 Å². The van der Waals surface area contributed by atoms with Crippen LogP contribution in [0.15, 0.2) is 60.8 Å². The summed E-state index contributed by atoms with van der Waals surface area (Å²) >= 11 is 0. The van der Waals surface area contributed by atoms with Gasteiger partial charge in [-0.1, -0.05) is 24.3 Å². The molecule has 0 atom stereocenters. The van der Waals surface area contributed by atoms with Gasteiger partial charge in [0.15, 0.2) is 0 Å². The minimum absolute atomic E-state index is 0.332. The highest BCUT2D eigenvalue weighted by atomic mass is 31.2. The summed E-state index contributed by atoms with van der Waals surface area (Å²) < 4.78 is 25.8. The summed E-state index contributed by atoms with van der Waals surface area (Å²) in [5, 5.41) is 6.87. The third kappa shape index (κ3) is 5.71. The second kappa shape index (κ2) is 8.53. The van der Waals surface area contributed by atoms with Gasteiger partial charge in [-0.25, -0.2) is 4.39 Å². The van der Waals surface area contributed by atoms with E-state index >= 15 is 0 Å². The van der Waals surface area contributed by atoms with Gasteiger partial charge in [0.2, 0.25) is 5.91 Å². The molecule has 0 saturated heterocycles. The number of carbonyl (C=O) groups excluding carboxylic acids is 1. The molecule has 3 aromatic rings. The van der Waals surface area contributed by atoms with Crippen LogP contribution in [0, 0.1) is 5.82 Å². The first-order chi connectivity index (χ1) is 13.7. The Morgan fingerprint density at radius 2 is 1.83 bits per heavy atom. The molecule has 0 fully saturated rings. The molecule has 29 heavy (non-hydrogen) atoms. The van der Waals surface area contributed by atoms with Crippen LogP contribution in [0.3, 0.4) is 0 Å². The van der Waals surface area contributed by atoms with Gasteiger partial charge in [0.05, 0.1) is 18.1 Å². The van der Waals surface area contributed by atoms with Gasteiger partial charge in [0.1, 0.15) is 5.82 Å². The van der Waals surface area contributed by atoms with E-state index in [2.05, 4.69) is 10.4 Å². The highest BCUT2D eigenvalue weighted by Crippen LogP contribution is 2.39. The molecule has 0 aliphatic heterocycles. The first-order valence-corrected chi connectivity index (χ1v) is 10.4. The Labute approximate surface area is 166 Å². The fourth-order valence-corrected chi connectivity index (χ4v) is 3.45. The van der Waals surface area contributed by atoms with Gasteiger partial charge in [-0.2, -0.15) is 5.10 Å². The Morgan fingerprint density at radius 1 is 1.17 bits per heavy atom. The molecular weight excluding hydrogens is 396 g/mol. The van der Waals surface area contributed by atoms with Gasteiger partial charge in [0.25, 0.3) is 0 Å². The molecule has 0 saturated carbocycles. The maximum absolute atomic E-state index is 13.1. The molecule has 3 rings (SSSR count). The second-order valence-electron chi connectivity index (χ2n) is 6.42. The lowest BCUT2D eigenvalue weighted by Crippen LogP contribution is -2.08. The van der Waals surface area contributed by atoms with E-state index in [1.165, 1.54) is 18.2 Å². The summed E-state index contributed by atoms with van der Waals surface area (Å²) in [6.45, 7) is 0. The molecule has 1 aromatic heterocycles. The summed E-state index contributed by atoms with van der Waals surface area (Å²) in [7, 11) is -2.39. The molecule has 7 nitrogen and oxygen atoms in total. The Hall–Kier alpha value is -3.06. The molecule has 0 spiro atoms. The molecule has 1 amide bonds. The van der Waals surface area contributed by atoms with Crippen molar-refractivity contribution in [2.75, 3.05) is 5.32 Å². The lowest BCUT2D eigenvalue weighted by atomic mass is 10.1. The van der Waals surface area contributed by atoms with E-state index in [1.54, 1.807) is 60.4 Å². The van der Waals surface area contributed by atoms with Gasteiger partial charge in [0, 0.05) is 24.4 Å². The quantitative estimate of drug-likeness (QED) is 0.422. The fraction of sp³-hybridized carbons (Fsp3) is 0.100. The van der Waals surface area contributed by atoms with E-state index in [0.29, 0.717) is 16.9 Å². The van der Waals surface area contributed by atoms with E-state index in [1.807, 2.05) is 0 Å². The molecule has 2 aromatic carbocycles. The van der Waals surface area contributed by atoms with Crippen LogP contribution in [0.4, 0.5) is 10.1 Å². The maximum Gasteiger partial charge on any atom is 0.329 e. The molecule has 0 radical (unpaired) electrons. The van der Waals surface area contributed by atoms with E-state index in [0.717, 1.165) is 11.1 Å².